The second kappa shape index (κ2) is 5.67. The minimum atomic E-state index is -2.17. The van der Waals surface area contributed by atoms with Crippen molar-refractivity contribution in [1.29, 1.82) is 0 Å². The van der Waals surface area contributed by atoms with Crippen LogP contribution in [0.15, 0.2) is 89.5 Å². The predicted molar refractivity (Wildman–Crippen MR) is 117 cm³/mol. The lowest BCUT2D eigenvalue weighted by molar-refractivity contribution is 0.673. The number of pyridine rings is 1. The summed E-state index contributed by atoms with van der Waals surface area (Å²) < 4.78 is 29.2. The second-order valence-electron chi connectivity index (χ2n) is 7.01. The fourth-order valence-electron chi connectivity index (χ4n) is 4.18. The van der Waals surface area contributed by atoms with Crippen molar-refractivity contribution >= 4 is 43.5 Å². The van der Waals surface area contributed by atoms with E-state index in [9.17, 15) is 0 Å². The maximum Gasteiger partial charge on any atom is 0.144 e. The van der Waals surface area contributed by atoms with Crippen LogP contribution in [0.5, 0.6) is 0 Å². The lowest BCUT2D eigenvalue weighted by Gasteiger charge is -2.05. The van der Waals surface area contributed by atoms with Crippen LogP contribution in [0.3, 0.4) is 0 Å². The smallest absolute Gasteiger partial charge is 0.144 e. The average molecular weight is 362 g/mol. The van der Waals surface area contributed by atoms with E-state index in [0.29, 0.717) is 5.69 Å². The van der Waals surface area contributed by atoms with Crippen LogP contribution < -0.4 is 0 Å². The standard InChI is InChI=1S/C26H17NO/c1-16-13-14-23(27-15-16)21-11-6-12-22-24-19-9-4-2-7-17(19)18-8-3-5-10-20(18)26(24)28-25(21)22/h2-15H,1H3/i1D3. The van der Waals surface area contributed by atoms with Gasteiger partial charge in [0.1, 0.15) is 11.2 Å². The molecule has 28 heavy (non-hydrogen) atoms. The fraction of sp³-hybridized carbons (Fsp3) is 0.0385. The SMILES string of the molecule is [2H]C([2H])([2H])c1ccc(-c2cccc3c2oc2c4ccccc4c4ccccc4c32)nc1. The van der Waals surface area contributed by atoms with Crippen LogP contribution in [0.4, 0.5) is 0 Å². The van der Waals surface area contributed by atoms with E-state index in [4.69, 9.17) is 8.53 Å². The van der Waals surface area contributed by atoms with E-state index in [1.54, 1.807) is 12.1 Å². The van der Waals surface area contributed by atoms with Gasteiger partial charge in [0, 0.05) is 32.0 Å². The molecule has 0 aliphatic carbocycles. The first-order chi connectivity index (χ1) is 15.0. The number of aromatic nitrogens is 1. The quantitative estimate of drug-likeness (QED) is 0.288. The zero-order valence-corrected chi connectivity index (χ0v) is 14.9. The molecule has 0 saturated heterocycles. The van der Waals surface area contributed by atoms with Crippen molar-refractivity contribution in [3.63, 3.8) is 0 Å². The summed E-state index contributed by atoms with van der Waals surface area (Å²) in [5, 5.41) is 6.69. The van der Waals surface area contributed by atoms with Gasteiger partial charge in [0.25, 0.3) is 0 Å². The third kappa shape index (κ3) is 2.06. The number of fused-ring (bicyclic) bond motifs is 8. The number of hydrogen-bond acceptors (Lipinski definition) is 2. The first-order valence-electron chi connectivity index (χ1n) is 10.7. The van der Waals surface area contributed by atoms with E-state index >= 15 is 0 Å². The van der Waals surface area contributed by atoms with Crippen LogP contribution in [-0.2, 0) is 0 Å². The van der Waals surface area contributed by atoms with E-state index in [0.717, 1.165) is 43.7 Å². The van der Waals surface area contributed by atoms with Crippen LogP contribution in [0.1, 0.15) is 9.68 Å². The van der Waals surface area contributed by atoms with Gasteiger partial charge in [-0.2, -0.15) is 0 Å². The highest BCUT2D eigenvalue weighted by atomic mass is 16.3. The minimum Gasteiger partial charge on any atom is -0.455 e. The molecule has 2 aromatic heterocycles. The van der Waals surface area contributed by atoms with E-state index < -0.39 is 6.85 Å². The normalized spacial score (nSPS) is 13.8. The molecule has 0 radical (unpaired) electrons. The first-order valence-corrected chi connectivity index (χ1v) is 9.24. The molecule has 0 aliphatic heterocycles. The molecule has 6 aromatic rings. The molecular formula is C26H17NO. The Bertz CT molecular complexity index is 1610. The summed E-state index contributed by atoms with van der Waals surface area (Å²) >= 11 is 0. The van der Waals surface area contributed by atoms with E-state index in [1.165, 1.54) is 11.6 Å². The third-order valence-corrected chi connectivity index (χ3v) is 5.41. The highest BCUT2D eigenvalue weighted by Gasteiger charge is 2.18. The number of benzene rings is 4. The van der Waals surface area contributed by atoms with Crippen LogP contribution in [0.25, 0.3) is 54.7 Å². The Kier molecular flexibility index (Phi) is 2.57. The van der Waals surface area contributed by atoms with Gasteiger partial charge in [-0.15, -0.1) is 0 Å². The van der Waals surface area contributed by atoms with Gasteiger partial charge in [0.05, 0.1) is 5.69 Å². The first kappa shape index (κ1) is 12.7. The Hall–Kier alpha value is -3.65. The van der Waals surface area contributed by atoms with Crippen molar-refractivity contribution in [1.82, 2.24) is 4.98 Å². The summed E-state index contributed by atoms with van der Waals surface area (Å²) in [6.45, 7) is -2.17. The molecule has 6 rings (SSSR count). The number of aryl methyl sites for hydroxylation is 1. The minimum absolute atomic E-state index is 0.227. The molecule has 4 aromatic carbocycles. The van der Waals surface area contributed by atoms with Gasteiger partial charge in [-0.3, -0.25) is 4.98 Å². The monoisotopic (exact) mass is 362 g/mol. The van der Waals surface area contributed by atoms with Crippen molar-refractivity contribution in [2.24, 2.45) is 0 Å². The van der Waals surface area contributed by atoms with Gasteiger partial charge in [0.2, 0.25) is 0 Å². The highest BCUT2D eigenvalue weighted by Crippen LogP contribution is 2.42. The molecule has 0 saturated carbocycles. The Balaban J connectivity index is 1.72. The molecular weight excluding hydrogens is 342 g/mol. The van der Waals surface area contributed by atoms with Crippen LogP contribution >= 0.6 is 0 Å². The van der Waals surface area contributed by atoms with Crippen molar-refractivity contribution in [2.45, 2.75) is 6.85 Å². The number of hydrogen-bond donors (Lipinski definition) is 0. The largest absolute Gasteiger partial charge is 0.455 e. The van der Waals surface area contributed by atoms with Crippen molar-refractivity contribution in [3.8, 4) is 11.3 Å². The van der Waals surface area contributed by atoms with E-state index in [1.807, 2.05) is 30.3 Å². The Morgan fingerprint density at radius 1 is 0.679 bits per heavy atom. The van der Waals surface area contributed by atoms with Gasteiger partial charge < -0.3 is 4.42 Å². The summed E-state index contributed by atoms with van der Waals surface area (Å²) in [6, 6.07) is 26.1. The Labute approximate surface area is 166 Å². The molecule has 0 bridgehead atoms. The summed E-state index contributed by atoms with van der Waals surface area (Å²) in [5.74, 6) is 0. The zero-order valence-electron chi connectivity index (χ0n) is 17.9. The lowest BCUT2D eigenvalue weighted by Crippen LogP contribution is -1.84. The summed E-state index contributed by atoms with van der Waals surface area (Å²) in [7, 11) is 0. The molecule has 0 fully saturated rings. The number of furan rings is 1. The Morgan fingerprint density at radius 2 is 1.39 bits per heavy atom. The van der Waals surface area contributed by atoms with Gasteiger partial charge in [-0.05, 0) is 40.7 Å². The Morgan fingerprint density at radius 3 is 2.14 bits per heavy atom. The van der Waals surface area contributed by atoms with Gasteiger partial charge in [0.15, 0.2) is 0 Å². The van der Waals surface area contributed by atoms with E-state index in [2.05, 4.69) is 41.4 Å². The topological polar surface area (TPSA) is 26.0 Å². The molecule has 0 atom stereocenters. The summed E-state index contributed by atoms with van der Waals surface area (Å²) in [6.07, 6.45) is 1.43. The number of nitrogens with zero attached hydrogens (tertiary/aromatic N) is 1. The molecule has 132 valence electrons. The molecule has 2 heteroatoms. The van der Waals surface area contributed by atoms with Crippen molar-refractivity contribution in [3.05, 3.63) is 90.6 Å². The van der Waals surface area contributed by atoms with Crippen LogP contribution in [0, 0.1) is 6.85 Å². The average Bonchev–Trinajstić information content (AvgIpc) is 3.19. The van der Waals surface area contributed by atoms with Crippen molar-refractivity contribution in [2.75, 3.05) is 0 Å². The van der Waals surface area contributed by atoms with Crippen molar-refractivity contribution < 1.29 is 8.53 Å². The summed E-state index contributed by atoms with van der Waals surface area (Å²) in [5.41, 5.74) is 3.37. The fourth-order valence-corrected chi connectivity index (χ4v) is 4.18. The van der Waals surface area contributed by atoms with Crippen LogP contribution in [0.2, 0.25) is 0 Å². The molecule has 2 heterocycles. The van der Waals surface area contributed by atoms with Gasteiger partial charge >= 0.3 is 0 Å². The molecule has 2 nitrogen and oxygen atoms in total. The maximum absolute atomic E-state index is 7.58. The predicted octanol–water partition coefficient (Wildman–Crippen LogP) is 7.26. The van der Waals surface area contributed by atoms with Gasteiger partial charge in [-0.25, -0.2) is 0 Å². The maximum atomic E-state index is 7.58. The highest BCUT2D eigenvalue weighted by molar-refractivity contribution is 6.30. The molecule has 0 unspecified atom stereocenters. The molecule has 0 amide bonds. The zero-order chi connectivity index (χ0) is 21.2. The molecule has 0 aliphatic rings. The van der Waals surface area contributed by atoms with E-state index in [-0.39, 0.29) is 5.56 Å². The molecule has 0 spiro atoms. The lowest BCUT2D eigenvalue weighted by atomic mass is 9.96. The van der Waals surface area contributed by atoms with Gasteiger partial charge in [-0.1, -0.05) is 66.7 Å². The third-order valence-electron chi connectivity index (χ3n) is 5.41. The molecule has 0 N–H and O–H groups in total. The number of rotatable bonds is 1. The van der Waals surface area contributed by atoms with Crippen LogP contribution in [-0.4, -0.2) is 4.98 Å². The number of para-hydroxylation sites is 1. The summed E-state index contributed by atoms with van der Waals surface area (Å²) in [4.78, 5) is 4.44. The second-order valence-corrected chi connectivity index (χ2v) is 7.01.